The molecule has 186 valence electrons. The van der Waals surface area contributed by atoms with E-state index in [2.05, 4.69) is 4.74 Å². The van der Waals surface area contributed by atoms with Gasteiger partial charge in [-0.25, -0.2) is 16.8 Å². The number of halogens is 14. The molecule has 0 aromatic rings. The first-order valence-electron chi connectivity index (χ1n) is 6.05. The number of rotatable bonds is 9. The van der Waals surface area contributed by atoms with Gasteiger partial charge in [0.1, 0.15) is 0 Å². The molecule has 0 saturated carbocycles. The van der Waals surface area contributed by atoms with Crippen LogP contribution in [-0.2, 0) is 29.5 Å². The van der Waals surface area contributed by atoms with Crippen LogP contribution in [0, 0.1) is 0 Å². The van der Waals surface area contributed by atoms with Crippen LogP contribution in [0.1, 0.15) is 0 Å². The normalized spacial score (nSPS) is 17.2. The largest absolute Gasteiger partial charge is 0.512 e. The molecule has 0 aliphatic rings. The Morgan fingerprint density at radius 2 is 1.10 bits per heavy atom. The van der Waals surface area contributed by atoms with Gasteiger partial charge in [-0.15, -0.1) is 0 Å². The number of hydrogen-bond acceptors (Lipinski definition) is 6. The number of ether oxygens (including phenoxy) is 2. The molecule has 0 aliphatic carbocycles. The van der Waals surface area contributed by atoms with Gasteiger partial charge in [0, 0.05) is 0 Å². The molecule has 0 aromatic carbocycles. The minimum atomic E-state index is -8.02. The summed E-state index contributed by atoms with van der Waals surface area (Å²) >= 11 is 0. The first-order valence-corrected chi connectivity index (χ1v) is 9.02. The third-order valence-corrected chi connectivity index (χ3v) is 5.72. The van der Waals surface area contributed by atoms with E-state index in [4.69, 9.17) is 0 Å². The Balaban J connectivity index is 6.53. The Hall–Kier alpha value is -1.62. The Morgan fingerprint density at radius 1 is 0.710 bits per heavy atom. The number of alkyl halides is 13. The van der Waals surface area contributed by atoms with Crippen LogP contribution in [0.15, 0.2) is 12.6 Å². The predicted molar refractivity (Wildman–Crippen MR) is 64.2 cm³/mol. The van der Waals surface area contributed by atoms with Crippen molar-refractivity contribution >= 4 is 20.0 Å². The van der Waals surface area contributed by atoms with Gasteiger partial charge >= 0.3 is 45.0 Å². The van der Waals surface area contributed by atoms with Gasteiger partial charge in [0.05, 0.1) is 0 Å². The van der Waals surface area contributed by atoms with Crippen molar-refractivity contribution in [1.82, 2.24) is 4.13 Å². The molecule has 31 heavy (non-hydrogen) atoms. The zero-order valence-electron chi connectivity index (χ0n) is 13.3. The van der Waals surface area contributed by atoms with Crippen LogP contribution in [0.5, 0.6) is 0 Å². The molecule has 0 rings (SSSR count). The number of sulfonamides is 2. The maximum Gasteiger partial charge on any atom is 0.512 e. The van der Waals surface area contributed by atoms with E-state index in [0.717, 1.165) is 0 Å². The highest BCUT2D eigenvalue weighted by atomic mass is 32.3. The van der Waals surface area contributed by atoms with Crippen LogP contribution in [0.4, 0.5) is 61.5 Å². The lowest BCUT2D eigenvalue weighted by Crippen LogP contribution is -2.65. The summed E-state index contributed by atoms with van der Waals surface area (Å²) in [6, 6.07) is -3.04. The fourth-order valence-corrected chi connectivity index (χ4v) is 3.43. The molecule has 23 heteroatoms. The molecule has 0 fully saturated rings. The van der Waals surface area contributed by atoms with Crippen molar-refractivity contribution in [2.45, 2.75) is 35.0 Å². The molecular weight excluding hydrogens is 536 g/mol. The van der Waals surface area contributed by atoms with E-state index in [1.165, 1.54) is 0 Å². The fraction of sp³-hybridized carbons (Fsp3) is 0.750. The molecule has 0 heterocycles. The van der Waals surface area contributed by atoms with E-state index in [-0.39, 0.29) is 0 Å². The van der Waals surface area contributed by atoms with Gasteiger partial charge in [-0.2, -0.15) is 61.5 Å². The predicted octanol–water partition coefficient (Wildman–Crippen LogP) is 3.24. The molecule has 0 spiro atoms. The molecule has 7 nitrogen and oxygen atoms in total. The summed E-state index contributed by atoms with van der Waals surface area (Å²) in [5, 5.41) is -7.62. The topological polar surface area (TPSA) is 98.8 Å². The highest BCUT2D eigenvalue weighted by Gasteiger charge is 2.82. The van der Waals surface area contributed by atoms with Crippen LogP contribution < -0.4 is 4.13 Å². The Labute approximate surface area is 160 Å². The van der Waals surface area contributed by atoms with Crippen molar-refractivity contribution in [2.24, 2.45) is 0 Å². The van der Waals surface area contributed by atoms with Crippen LogP contribution >= 0.6 is 0 Å². The lowest BCUT2D eigenvalue weighted by molar-refractivity contribution is -0.510. The van der Waals surface area contributed by atoms with Gasteiger partial charge in [-0.1, -0.05) is 4.13 Å². The molecule has 0 radical (unpaired) electrons. The molecule has 0 aliphatic heterocycles. The Bertz CT molecular complexity index is 906. The average molecular weight is 539 g/mol. The third kappa shape index (κ3) is 5.42. The van der Waals surface area contributed by atoms with E-state index in [0.29, 0.717) is 0 Å². The highest BCUT2D eigenvalue weighted by molar-refractivity contribution is 8.05. The van der Waals surface area contributed by atoms with E-state index in [1.807, 2.05) is 0 Å². The summed E-state index contributed by atoms with van der Waals surface area (Å²) in [5.41, 5.74) is -6.79. The average Bonchev–Trinajstić information content (AvgIpc) is 2.40. The summed E-state index contributed by atoms with van der Waals surface area (Å²) in [6.07, 6.45) is -22.3. The van der Waals surface area contributed by atoms with E-state index in [9.17, 15) is 78.3 Å². The second kappa shape index (κ2) is 7.75. The maximum absolute atomic E-state index is 13.6. The molecule has 0 aromatic heterocycles. The fourth-order valence-electron chi connectivity index (χ4n) is 1.12. The van der Waals surface area contributed by atoms with E-state index in [1.54, 1.807) is 11.3 Å². The van der Waals surface area contributed by atoms with Crippen molar-refractivity contribution in [1.29, 1.82) is 0 Å². The van der Waals surface area contributed by atoms with Gasteiger partial charge in [0.25, 0.3) is 16.0 Å². The Morgan fingerprint density at radius 3 is 1.39 bits per heavy atom. The zero-order valence-corrected chi connectivity index (χ0v) is 14.9. The molecule has 1 N–H and O–H groups in total. The first kappa shape index (κ1) is 29.4. The molecule has 1 unspecified atom stereocenters. The minimum absolute atomic E-state index is 1.07. The lowest BCUT2D eigenvalue weighted by atomic mass is 10.2. The zero-order chi connectivity index (χ0) is 25.7. The standard InChI is InChI=1S/C8H3F14NO6S2/c1-2(9)28-5(14,15)3(10,4(11,12)13)29-6(16,17)7(18,19)30(24,25)23-31(26,27)8(20,21)22/h23H,1H2. The van der Waals surface area contributed by atoms with Crippen LogP contribution in [0.25, 0.3) is 0 Å². The van der Waals surface area contributed by atoms with Crippen LogP contribution in [0.2, 0.25) is 0 Å². The summed E-state index contributed by atoms with van der Waals surface area (Å²) in [7, 11) is -15.5. The van der Waals surface area contributed by atoms with Gasteiger partial charge in [-0.3, -0.25) is 4.74 Å². The van der Waals surface area contributed by atoms with Gasteiger partial charge in [-0.05, 0) is 6.58 Å². The van der Waals surface area contributed by atoms with E-state index >= 15 is 0 Å². The van der Waals surface area contributed by atoms with Crippen LogP contribution in [0.3, 0.4) is 0 Å². The quantitative estimate of drug-likeness (QED) is 0.357. The Kier molecular flexibility index (Phi) is 7.35. The van der Waals surface area contributed by atoms with Crippen molar-refractivity contribution in [2.75, 3.05) is 0 Å². The molecule has 0 saturated heterocycles. The molecular formula is C8H3F14NO6S2. The summed E-state index contributed by atoms with van der Waals surface area (Å²) in [5.74, 6) is -7.51. The van der Waals surface area contributed by atoms with Crippen LogP contribution in [-0.4, -0.2) is 51.8 Å². The second-order valence-corrected chi connectivity index (χ2v) is 8.39. The van der Waals surface area contributed by atoms with Gasteiger partial charge in [0.2, 0.25) is 0 Å². The molecule has 1 atom stereocenters. The van der Waals surface area contributed by atoms with Crippen molar-refractivity contribution < 1.29 is 87.8 Å². The minimum Gasteiger partial charge on any atom is -0.402 e. The monoisotopic (exact) mass is 539 g/mol. The van der Waals surface area contributed by atoms with Crippen molar-refractivity contribution in [3.8, 4) is 0 Å². The highest BCUT2D eigenvalue weighted by Crippen LogP contribution is 2.53. The van der Waals surface area contributed by atoms with Crippen molar-refractivity contribution in [3.63, 3.8) is 0 Å². The number of nitrogens with one attached hydrogen (secondary N) is 1. The van der Waals surface area contributed by atoms with Crippen molar-refractivity contribution in [3.05, 3.63) is 12.6 Å². The van der Waals surface area contributed by atoms with Gasteiger partial charge in [0.15, 0.2) is 0 Å². The molecule has 0 amide bonds. The lowest BCUT2D eigenvalue weighted by Gasteiger charge is -2.36. The second-order valence-electron chi connectivity index (χ2n) is 4.74. The maximum atomic E-state index is 13.6. The van der Waals surface area contributed by atoms with Gasteiger partial charge < -0.3 is 4.74 Å². The smallest absolute Gasteiger partial charge is 0.402 e. The summed E-state index contributed by atoms with van der Waals surface area (Å²) in [4.78, 5) is 0. The number of hydrogen-bond donors (Lipinski definition) is 1. The third-order valence-electron chi connectivity index (χ3n) is 2.45. The first-order chi connectivity index (χ1) is 13.1. The van der Waals surface area contributed by atoms with E-state index < -0.39 is 65.2 Å². The molecule has 0 bridgehead atoms. The SMILES string of the molecule is C=C(F)OC(F)(F)C(F)(OC(F)(F)C(F)(F)S(=O)(=O)NS(=O)(=O)C(F)(F)F)C(F)(F)F. The summed E-state index contributed by atoms with van der Waals surface area (Å²) < 4.78 is 225. The summed E-state index contributed by atoms with van der Waals surface area (Å²) in [6.45, 7) is 1.71.